The van der Waals surface area contributed by atoms with E-state index in [0.29, 0.717) is 6.42 Å². The zero-order valence-electron chi connectivity index (χ0n) is 12.7. The Balaban J connectivity index is 1.90. The second kappa shape index (κ2) is 10.6. The highest BCUT2D eigenvalue weighted by atomic mass is 16.6. The summed E-state index contributed by atoms with van der Waals surface area (Å²) in [5.74, 6) is -0.972. The first kappa shape index (κ1) is 16.9. The maximum Gasteiger partial charge on any atom is 0.317 e. The first-order valence-corrected chi connectivity index (χ1v) is 8.13. The highest BCUT2D eigenvalue weighted by Crippen LogP contribution is 2.20. The smallest absolute Gasteiger partial charge is 0.317 e. The van der Waals surface area contributed by atoms with Crippen molar-refractivity contribution >= 4 is 11.9 Å². The third kappa shape index (κ3) is 7.46. The summed E-state index contributed by atoms with van der Waals surface area (Å²) in [7, 11) is 0. The van der Waals surface area contributed by atoms with Gasteiger partial charge in [-0.05, 0) is 19.3 Å². The van der Waals surface area contributed by atoms with E-state index in [1.807, 2.05) is 6.08 Å². The summed E-state index contributed by atoms with van der Waals surface area (Å²) < 4.78 is 4.51. The van der Waals surface area contributed by atoms with Crippen molar-refractivity contribution in [2.75, 3.05) is 0 Å². The number of hydrogen-bond acceptors (Lipinski definition) is 3. The topological polar surface area (TPSA) is 43.4 Å². The molecular formula is C17H28O3. The Morgan fingerprint density at radius 1 is 1.00 bits per heavy atom. The zero-order valence-corrected chi connectivity index (χ0v) is 12.7. The molecule has 0 saturated carbocycles. The fourth-order valence-corrected chi connectivity index (χ4v) is 2.48. The van der Waals surface area contributed by atoms with Gasteiger partial charge in [0.1, 0.15) is 0 Å². The van der Waals surface area contributed by atoms with E-state index in [0.717, 1.165) is 6.42 Å². The molecule has 1 aliphatic heterocycles. The number of esters is 2. The van der Waals surface area contributed by atoms with Crippen LogP contribution >= 0.6 is 0 Å². The van der Waals surface area contributed by atoms with Crippen molar-refractivity contribution in [1.29, 1.82) is 0 Å². The SMILES string of the molecule is CCCCCCCCCCC=CCC1CC(=O)OC1=O. The molecule has 0 aromatic rings. The molecular weight excluding hydrogens is 252 g/mol. The van der Waals surface area contributed by atoms with Crippen LogP contribution in [0.25, 0.3) is 0 Å². The summed E-state index contributed by atoms with van der Waals surface area (Å²) in [6.45, 7) is 2.24. The van der Waals surface area contributed by atoms with Crippen LogP contribution in [0.1, 0.15) is 77.6 Å². The van der Waals surface area contributed by atoms with Gasteiger partial charge < -0.3 is 4.74 Å². The number of hydrogen-bond donors (Lipinski definition) is 0. The molecule has 114 valence electrons. The predicted molar refractivity (Wildman–Crippen MR) is 80.2 cm³/mol. The molecule has 0 aliphatic carbocycles. The third-order valence-electron chi connectivity index (χ3n) is 3.77. The van der Waals surface area contributed by atoms with Gasteiger partial charge in [0.15, 0.2) is 0 Å². The molecule has 1 aliphatic rings. The quantitative estimate of drug-likeness (QED) is 0.241. The lowest BCUT2D eigenvalue weighted by Gasteiger charge is -2.00. The summed E-state index contributed by atoms with van der Waals surface area (Å²) >= 11 is 0. The maximum atomic E-state index is 11.2. The predicted octanol–water partition coefficient (Wildman–Crippen LogP) is 4.55. The van der Waals surface area contributed by atoms with E-state index in [1.54, 1.807) is 0 Å². The highest BCUT2D eigenvalue weighted by Gasteiger charge is 2.31. The van der Waals surface area contributed by atoms with E-state index in [4.69, 9.17) is 0 Å². The van der Waals surface area contributed by atoms with Gasteiger partial charge in [0.05, 0.1) is 12.3 Å². The largest absolute Gasteiger partial charge is 0.393 e. The van der Waals surface area contributed by atoms with E-state index in [-0.39, 0.29) is 24.3 Å². The standard InChI is InChI=1S/C17H28O3/c1-2-3-4-5-6-7-8-9-10-11-12-13-15-14-16(18)20-17(15)19/h11-12,15H,2-10,13-14H2,1H3. The molecule has 1 atom stereocenters. The second-order valence-corrected chi connectivity index (χ2v) is 5.66. The van der Waals surface area contributed by atoms with Crippen LogP contribution in [0.4, 0.5) is 0 Å². The van der Waals surface area contributed by atoms with Gasteiger partial charge in [-0.2, -0.15) is 0 Å². The molecule has 0 N–H and O–H groups in total. The van der Waals surface area contributed by atoms with Crippen molar-refractivity contribution in [3.05, 3.63) is 12.2 Å². The molecule has 1 fully saturated rings. The molecule has 1 heterocycles. The van der Waals surface area contributed by atoms with Gasteiger partial charge in [0.25, 0.3) is 0 Å². The number of ether oxygens (including phenoxy) is 1. The van der Waals surface area contributed by atoms with Crippen molar-refractivity contribution < 1.29 is 14.3 Å². The normalized spacial score (nSPS) is 18.9. The molecule has 0 radical (unpaired) electrons. The Morgan fingerprint density at radius 2 is 1.65 bits per heavy atom. The van der Waals surface area contributed by atoms with Gasteiger partial charge in [0.2, 0.25) is 0 Å². The van der Waals surface area contributed by atoms with Crippen molar-refractivity contribution in [2.24, 2.45) is 5.92 Å². The molecule has 0 bridgehead atoms. The molecule has 0 aromatic heterocycles. The van der Waals surface area contributed by atoms with Crippen LogP contribution in [0, 0.1) is 5.92 Å². The van der Waals surface area contributed by atoms with Gasteiger partial charge >= 0.3 is 11.9 Å². The lowest BCUT2D eigenvalue weighted by molar-refractivity contribution is -0.153. The second-order valence-electron chi connectivity index (χ2n) is 5.66. The lowest BCUT2D eigenvalue weighted by atomic mass is 10.0. The number of carbonyl (C=O) groups excluding carboxylic acids is 2. The minimum atomic E-state index is -0.378. The Hall–Kier alpha value is -1.12. The van der Waals surface area contributed by atoms with Crippen LogP contribution in [0.2, 0.25) is 0 Å². The number of allylic oxidation sites excluding steroid dienone is 2. The molecule has 20 heavy (non-hydrogen) atoms. The Morgan fingerprint density at radius 3 is 2.25 bits per heavy atom. The summed E-state index contributed by atoms with van der Waals surface area (Å²) in [6.07, 6.45) is 16.8. The van der Waals surface area contributed by atoms with Crippen molar-refractivity contribution in [3.8, 4) is 0 Å². The average Bonchev–Trinajstić information content (AvgIpc) is 2.74. The summed E-state index contributed by atoms with van der Waals surface area (Å²) in [6, 6.07) is 0. The molecule has 3 nitrogen and oxygen atoms in total. The molecule has 1 rings (SSSR count). The minimum Gasteiger partial charge on any atom is -0.393 e. The van der Waals surface area contributed by atoms with Gasteiger partial charge in [-0.25, -0.2) is 0 Å². The summed E-state index contributed by atoms with van der Waals surface area (Å²) in [4.78, 5) is 22.1. The van der Waals surface area contributed by atoms with E-state index < -0.39 is 0 Å². The van der Waals surface area contributed by atoms with Gasteiger partial charge in [0, 0.05) is 0 Å². The molecule has 0 amide bonds. The van der Waals surface area contributed by atoms with Crippen LogP contribution < -0.4 is 0 Å². The number of rotatable bonds is 11. The molecule has 0 aromatic carbocycles. The Kier molecular flexibility index (Phi) is 9.01. The maximum absolute atomic E-state index is 11.2. The van der Waals surface area contributed by atoms with E-state index in [2.05, 4.69) is 17.7 Å². The number of cyclic esters (lactones) is 2. The summed E-state index contributed by atoms with van der Waals surface area (Å²) in [5, 5.41) is 0. The first-order chi connectivity index (χ1) is 9.74. The average molecular weight is 280 g/mol. The first-order valence-electron chi connectivity index (χ1n) is 8.13. The molecule has 1 saturated heterocycles. The van der Waals surface area contributed by atoms with Crippen LogP contribution in [-0.4, -0.2) is 11.9 Å². The van der Waals surface area contributed by atoms with Crippen LogP contribution in [0.3, 0.4) is 0 Å². The Labute approximate surface area is 122 Å². The summed E-state index contributed by atoms with van der Waals surface area (Å²) in [5.41, 5.74) is 0. The molecule has 1 unspecified atom stereocenters. The van der Waals surface area contributed by atoms with Gasteiger partial charge in [-0.1, -0.05) is 64.0 Å². The van der Waals surface area contributed by atoms with Crippen molar-refractivity contribution in [2.45, 2.75) is 77.6 Å². The van der Waals surface area contributed by atoms with Crippen LogP contribution in [0.5, 0.6) is 0 Å². The lowest BCUT2D eigenvalue weighted by Crippen LogP contribution is -2.05. The van der Waals surface area contributed by atoms with Gasteiger partial charge in [-0.3, -0.25) is 9.59 Å². The monoisotopic (exact) mass is 280 g/mol. The fourth-order valence-electron chi connectivity index (χ4n) is 2.48. The Bertz CT molecular complexity index is 320. The van der Waals surface area contributed by atoms with Crippen LogP contribution in [-0.2, 0) is 14.3 Å². The van der Waals surface area contributed by atoms with Crippen molar-refractivity contribution in [3.63, 3.8) is 0 Å². The van der Waals surface area contributed by atoms with E-state index >= 15 is 0 Å². The molecule has 0 spiro atoms. The minimum absolute atomic E-state index is 0.239. The number of unbranched alkanes of at least 4 members (excludes halogenated alkanes) is 8. The third-order valence-corrected chi connectivity index (χ3v) is 3.77. The van der Waals surface area contributed by atoms with Gasteiger partial charge in [-0.15, -0.1) is 0 Å². The highest BCUT2D eigenvalue weighted by molar-refractivity contribution is 5.94. The van der Waals surface area contributed by atoms with Crippen LogP contribution in [0.15, 0.2) is 12.2 Å². The fraction of sp³-hybridized carbons (Fsp3) is 0.765. The van der Waals surface area contributed by atoms with E-state index in [1.165, 1.54) is 51.4 Å². The van der Waals surface area contributed by atoms with Crippen molar-refractivity contribution in [1.82, 2.24) is 0 Å². The molecule has 3 heteroatoms. The zero-order chi connectivity index (χ0) is 14.6. The van der Waals surface area contributed by atoms with E-state index in [9.17, 15) is 9.59 Å². The number of carbonyl (C=O) groups is 2.